The van der Waals surface area contributed by atoms with Gasteiger partial charge in [-0.1, -0.05) is 53.9 Å². The smallest absolute Gasteiger partial charge is 0.0292 e. The quantitative estimate of drug-likeness (QED) is 0.581. The van der Waals surface area contributed by atoms with Crippen molar-refractivity contribution in [3.8, 4) is 0 Å². The molecule has 0 radical (unpaired) electrons. The van der Waals surface area contributed by atoms with E-state index in [4.69, 9.17) is 0 Å². The molecule has 0 amide bonds. The summed E-state index contributed by atoms with van der Waals surface area (Å²) in [5.41, 5.74) is 1.35. The Hall–Kier alpha value is 0. The summed E-state index contributed by atoms with van der Waals surface area (Å²) < 4.78 is 0. The van der Waals surface area contributed by atoms with Gasteiger partial charge in [0, 0.05) is 0 Å². The summed E-state index contributed by atoms with van der Waals surface area (Å²) in [5, 5.41) is 0. The SMILES string of the molecule is CCC(CC)(CC)CC1(C)CC1C. The number of rotatable bonds is 5. The molecule has 0 aliphatic heterocycles. The van der Waals surface area contributed by atoms with Crippen molar-refractivity contribution in [2.75, 3.05) is 0 Å². The van der Waals surface area contributed by atoms with Crippen molar-refractivity contribution in [1.82, 2.24) is 0 Å². The number of hydrogen-bond acceptors (Lipinski definition) is 0. The zero-order chi connectivity index (χ0) is 10.1. The Kier molecular flexibility index (Phi) is 3.09. The van der Waals surface area contributed by atoms with E-state index < -0.39 is 0 Å². The molecule has 1 aliphatic carbocycles. The van der Waals surface area contributed by atoms with Crippen LogP contribution in [0.2, 0.25) is 0 Å². The summed E-state index contributed by atoms with van der Waals surface area (Å²) in [4.78, 5) is 0. The first-order valence-electron chi connectivity index (χ1n) is 6.02. The molecule has 78 valence electrons. The lowest BCUT2D eigenvalue weighted by molar-refractivity contribution is 0.176. The third-order valence-electron chi connectivity index (χ3n) is 4.83. The van der Waals surface area contributed by atoms with E-state index >= 15 is 0 Å². The first-order chi connectivity index (χ1) is 6.02. The Bertz CT molecular complexity index is 159. The molecule has 0 heteroatoms. The van der Waals surface area contributed by atoms with Gasteiger partial charge in [0.15, 0.2) is 0 Å². The highest BCUT2D eigenvalue weighted by Crippen LogP contribution is 2.59. The molecular weight excluding hydrogens is 156 g/mol. The minimum Gasteiger partial charge on any atom is -0.0649 e. The monoisotopic (exact) mass is 182 g/mol. The highest BCUT2D eigenvalue weighted by Gasteiger charge is 2.49. The maximum absolute atomic E-state index is 2.48. The summed E-state index contributed by atoms with van der Waals surface area (Å²) in [5.74, 6) is 0.983. The van der Waals surface area contributed by atoms with Crippen molar-refractivity contribution in [3.05, 3.63) is 0 Å². The molecular formula is C13H26. The standard InChI is InChI=1S/C13H26/c1-6-13(7-2,8-3)10-12(5)9-11(12)4/h11H,6-10H2,1-5H3. The molecule has 0 bridgehead atoms. The molecule has 0 heterocycles. The number of hydrogen-bond donors (Lipinski definition) is 0. The fourth-order valence-corrected chi connectivity index (χ4v) is 2.87. The van der Waals surface area contributed by atoms with Gasteiger partial charge in [0.05, 0.1) is 0 Å². The normalized spacial score (nSPS) is 33.5. The Morgan fingerprint density at radius 2 is 1.54 bits per heavy atom. The van der Waals surface area contributed by atoms with Crippen LogP contribution in [0.1, 0.15) is 66.7 Å². The van der Waals surface area contributed by atoms with E-state index in [1.165, 1.54) is 32.1 Å². The molecule has 0 aromatic heterocycles. The summed E-state index contributed by atoms with van der Waals surface area (Å²) in [6.07, 6.45) is 7.02. The second-order valence-electron chi connectivity index (χ2n) is 5.50. The third kappa shape index (κ3) is 2.08. The highest BCUT2D eigenvalue weighted by atomic mass is 14.5. The second kappa shape index (κ2) is 3.63. The zero-order valence-electron chi connectivity index (χ0n) is 10.1. The Morgan fingerprint density at radius 1 is 1.15 bits per heavy atom. The van der Waals surface area contributed by atoms with Gasteiger partial charge in [-0.15, -0.1) is 0 Å². The summed E-state index contributed by atoms with van der Waals surface area (Å²) in [7, 11) is 0. The lowest BCUT2D eigenvalue weighted by Gasteiger charge is -2.34. The van der Waals surface area contributed by atoms with Gasteiger partial charge in [0.1, 0.15) is 0 Å². The first kappa shape index (κ1) is 11.1. The molecule has 0 N–H and O–H groups in total. The van der Waals surface area contributed by atoms with Crippen LogP contribution < -0.4 is 0 Å². The van der Waals surface area contributed by atoms with Crippen LogP contribution in [0.4, 0.5) is 0 Å². The van der Waals surface area contributed by atoms with Crippen LogP contribution in [0.5, 0.6) is 0 Å². The van der Waals surface area contributed by atoms with Gasteiger partial charge in [0.2, 0.25) is 0 Å². The molecule has 0 nitrogen and oxygen atoms in total. The minimum atomic E-state index is 0.652. The fraction of sp³-hybridized carbons (Fsp3) is 1.00. The van der Waals surface area contributed by atoms with Crippen molar-refractivity contribution in [3.63, 3.8) is 0 Å². The molecule has 1 aliphatic rings. The molecule has 1 rings (SSSR count). The van der Waals surface area contributed by atoms with Crippen LogP contribution in [-0.2, 0) is 0 Å². The Morgan fingerprint density at radius 3 is 1.77 bits per heavy atom. The lowest BCUT2D eigenvalue weighted by atomic mass is 9.72. The molecule has 1 saturated carbocycles. The van der Waals surface area contributed by atoms with Crippen LogP contribution in [0.15, 0.2) is 0 Å². The molecule has 0 aromatic carbocycles. The third-order valence-corrected chi connectivity index (χ3v) is 4.83. The first-order valence-corrected chi connectivity index (χ1v) is 6.02. The lowest BCUT2D eigenvalue weighted by Crippen LogP contribution is -2.22. The second-order valence-corrected chi connectivity index (χ2v) is 5.50. The highest BCUT2D eigenvalue weighted by molar-refractivity contribution is 4.99. The molecule has 0 saturated heterocycles. The van der Waals surface area contributed by atoms with Crippen LogP contribution in [0.3, 0.4) is 0 Å². The predicted octanol–water partition coefficient (Wildman–Crippen LogP) is 4.64. The van der Waals surface area contributed by atoms with Crippen molar-refractivity contribution in [1.29, 1.82) is 0 Å². The van der Waals surface area contributed by atoms with Crippen molar-refractivity contribution in [2.45, 2.75) is 66.7 Å². The van der Waals surface area contributed by atoms with Crippen molar-refractivity contribution in [2.24, 2.45) is 16.7 Å². The van der Waals surface area contributed by atoms with E-state index in [0.717, 1.165) is 5.92 Å². The molecule has 2 atom stereocenters. The topological polar surface area (TPSA) is 0 Å². The van der Waals surface area contributed by atoms with Crippen molar-refractivity contribution < 1.29 is 0 Å². The maximum atomic E-state index is 2.48. The van der Waals surface area contributed by atoms with E-state index in [-0.39, 0.29) is 0 Å². The van der Waals surface area contributed by atoms with Gasteiger partial charge in [-0.25, -0.2) is 0 Å². The van der Waals surface area contributed by atoms with Crippen LogP contribution >= 0.6 is 0 Å². The molecule has 1 fully saturated rings. The van der Waals surface area contributed by atoms with Gasteiger partial charge in [0.25, 0.3) is 0 Å². The zero-order valence-corrected chi connectivity index (χ0v) is 10.1. The average molecular weight is 182 g/mol. The Labute approximate surface area is 84.1 Å². The summed E-state index contributed by atoms with van der Waals surface area (Å²) >= 11 is 0. The van der Waals surface area contributed by atoms with E-state index in [0.29, 0.717) is 10.8 Å². The van der Waals surface area contributed by atoms with Gasteiger partial charge in [-0.2, -0.15) is 0 Å². The van der Waals surface area contributed by atoms with Gasteiger partial charge >= 0.3 is 0 Å². The largest absolute Gasteiger partial charge is 0.0649 e. The van der Waals surface area contributed by atoms with E-state index in [1.807, 2.05) is 0 Å². The van der Waals surface area contributed by atoms with Crippen LogP contribution in [0.25, 0.3) is 0 Å². The maximum Gasteiger partial charge on any atom is -0.0292 e. The molecule has 2 unspecified atom stereocenters. The van der Waals surface area contributed by atoms with Gasteiger partial charge in [-0.05, 0) is 29.6 Å². The molecule has 13 heavy (non-hydrogen) atoms. The van der Waals surface area contributed by atoms with E-state index in [9.17, 15) is 0 Å². The van der Waals surface area contributed by atoms with Gasteiger partial charge in [-0.3, -0.25) is 0 Å². The van der Waals surface area contributed by atoms with Crippen LogP contribution in [-0.4, -0.2) is 0 Å². The van der Waals surface area contributed by atoms with E-state index in [2.05, 4.69) is 34.6 Å². The fourth-order valence-electron chi connectivity index (χ4n) is 2.87. The van der Waals surface area contributed by atoms with Crippen molar-refractivity contribution >= 4 is 0 Å². The summed E-state index contributed by atoms with van der Waals surface area (Å²) in [6, 6.07) is 0. The molecule has 0 aromatic rings. The molecule has 0 spiro atoms. The summed E-state index contributed by atoms with van der Waals surface area (Å²) in [6.45, 7) is 12.0. The average Bonchev–Trinajstić information content (AvgIpc) is 2.71. The predicted molar refractivity (Wildman–Crippen MR) is 59.8 cm³/mol. The van der Waals surface area contributed by atoms with Crippen LogP contribution in [0, 0.1) is 16.7 Å². The Balaban J connectivity index is 2.57. The minimum absolute atomic E-state index is 0.652. The van der Waals surface area contributed by atoms with Gasteiger partial charge < -0.3 is 0 Å². The van der Waals surface area contributed by atoms with E-state index in [1.54, 1.807) is 0 Å².